The van der Waals surface area contributed by atoms with Crippen molar-refractivity contribution >= 4 is 11.6 Å². The summed E-state index contributed by atoms with van der Waals surface area (Å²) in [6, 6.07) is 2.06. The summed E-state index contributed by atoms with van der Waals surface area (Å²) in [6.45, 7) is 2.93. The van der Waals surface area contributed by atoms with Crippen LogP contribution in [0.5, 0.6) is 0 Å². The molecule has 2 aromatic rings. The van der Waals surface area contributed by atoms with Crippen molar-refractivity contribution in [2.24, 2.45) is 7.05 Å². The molecule has 6 heteroatoms. The second-order valence-electron chi connectivity index (χ2n) is 4.01. The van der Waals surface area contributed by atoms with E-state index in [1.165, 1.54) is 0 Å². The number of aryl methyl sites for hydroxylation is 1. The molecule has 0 saturated carbocycles. The van der Waals surface area contributed by atoms with Gasteiger partial charge >= 0.3 is 0 Å². The molecule has 1 unspecified atom stereocenters. The molecule has 18 heavy (non-hydrogen) atoms. The minimum atomic E-state index is 0.119. The highest BCUT2D eigenvalue weighted by molar-refractivity contribution is 6.31. The summed E-state index contributed by atoms with van der Waals surface area (Å²) in [7, 11) is 1.89. The Morgan fingerprint density at radius 2 is 2.33 bits per heavy atom. The highest BCUT2D eigenvalue weighted by atomic mass is 35.5. The Labute approximate surface area is 111 Å². The molecule has 0 aliphatic carbocycles. The summed E-state index contributed by atoms with van der Waals surface area (Å²) in [5, 5.41) is 8.16. The predicted molar refractivity (Wildman–Crippen MR) is 70.4 cm³/mol. The fraction of sp³-hybridized carbons (Fsp3) is 0.417. The molecule has 1 N–H and O–H groups in total. The lowest BCUT2D eigenvalue weighted by Gasteiger charge is -2.18. The van der Waals surface area contributed by atoms with Crippen molar-refractivity contribution in [3.05, 3.63) is 41.2 Å². The number of nitrogens with one attached hydrogen (secondary N) is 1. The summed E-state index contributed by atoms with van der Waals surface area (Å²) in [4.78, 5) is 8.26. The van der Waals surface area contributed by atoms with E-state index < -0.39 is 0 Å². The third-order valence-corrected chi connectivity index (χ3v) is 3.14. The first kappa shape index (κ1) is 13.0. The molecule has 0 spiro atoms. The van der Waals surface area contributed by atoms with Gasteiger partial charge in [-0.2, -0.15) is 5.10 Å². The molecule has 2 aromatic heterocycles. The van der Waals surface area contributed by atoms with Crippen LogP contribution in [0.3, 0.4) is 0 Å². The van der Waals surface area contributed by atoms with Crippen LogP contribution in [0, 0.1) is 0 Å². The average Bonchev–Trinajstić information content (AvgIpc) is 2.75. The van der Waals surface area contributed by atoms with Gasteiger partial charge in [-0.1, -0.05) is 18.5 Å². The number of hydrogen-bond acceptors (Lipinski definition) is 4. The Kier molecular flexibility index (Phi) is 4.28. The molecule has 2 rings (SSSR count). The van der Waals surface area contributed by atoms with E-state index in [1.807, 2.05) is 13.1 Å². The standard InChI is InChI=1S/C12H16ClN5/c1-3-15-11(6-12-16-8-17-18(12)2)9-4-5-14-7-10(9)13/h4-5,7-8,11,15H,3,6H2,1-2H3. The van der Waals surface area contributed by atoms with E-state index in [1.54, 1.807) is 23.4 Å². The molecule has 0 bridgehead atoms. The van der Waals surface area contributed by atoms with Gasteiger partial charge in [0.15, 0.2) is 0 Å². The molecule has 2 heterocycles. The maximum Gasteiger partial charge on any atom is 0.138 e. The molecule has 1 atom stereocenters. The summed E-state index contributed by atoms with van der Waals surface area (Å²) < 4.78 is 1.78. The molecule has 5 nitrogen and oxygen atoms in total. The topological polar surface area (TPSA) is 55.6 Å². The molecule has 96 valence electrons. The molecule has 0 aliphatic heterocycles. The Morgan fingerprint density at radius 3 is 2.94 bits per heavy atom. The number of hydrogen-bond donors (Lipinski definition) is 1. The predicted octanol–water partition coefficient (Wildman–Crippen LogP) is 1.76. The van der Waals surface area contributed by atoms with Crippen molar-refractivity contribution in [1.29, 1.82) is 0 Å². The summed E-state index contributed by atoms with van der Waals surface area (Å²) in [6.07, 6.45) is 5.72. The highest BCUT2D eigenvalue weighted by Gasteiger charge is 2.16. The van der Waals surface area contributed by atoms with Gasteiger partial charge in [0.2, 0.25) is 0 Å². The molecule has 0 aromatic carbocycles. The summed E-state index contributed by atoms with van der Waals surface area (Å²) >= 11 is 6.19. The minimum Gasteiger partial charge on any atom is -0.310 e. The zero-order valence-electron chi connectivity index (χ0n) is 10.5. The van der Waals surface area contributed by atoms with Crippen LogP contribution in [0.4, 0.5) is 0 Å². The largest absolute Gasteiger partial charge is 0.310 e. The van der Waals surface area contributed by atoms with Crippen molar-refractivity contribution in [1.82, 2.24) is 25.1 Å². The molecule has 0 fully saturated rings. The molecular weight excluding hydrogens is 250 g/mol. The van der Waals surface area contributed by atoms with E-state index in [9.17, 15) is 0 Å². The Hall–Kier alpha value is -1.46. The van der Waals surface area contributed by atoms with Gasteiger partial charge in [-0.05, 0) is 18.2 Å². The van der Waals surface area contributed by atoms with Crippen molar-refractivity contribution in [2.45, 2.75) is 19.4 Å². The van der Waals surface area contributed by atoms with Gasteiger partial charge in [-0.3, -0.25) is 9.67 Å². The lowest BCUT2D eigenvalue weighted by Crippen LogP contribution is -2.24. The Balaban J connectivity index is 2.24. The zero-order chi connectivity index (χ0) is 13.0. The SMILES string of the molecule is CCNC(Cc1ncnn1C)c1ccncc1Cl. The van der Waals surface area contributed by atoms with Gasteiger partial charge in [0.25, 0.3) is 0 Å². The van der Waals surface area contributed by atoms with E-state index in [0.29, 0.717) is 5.02 Å². The fourth-order valence-electron chi connectivity index (χ4n) is 1.89. The van der Waals surface area contributed by atoms with Crippen LogP contribution in [0.2, 0.25) is 5.02 Å². The number of aromatic nitrogens is 4. The lowest BCUT2D eigenvalue weighted by molar-refractivity contribution is 0.522. The van der Waals surface area contributed by atoms with Gasteiger partial charge in [0.1, 0.15) is 12.2 Å². The average molecular weight is 266 g/mol. The zero-order valence-corrected chi connectivity index (χ0v) is 11.2. The van der Waals surface area contributed by atoms with Crippen molar-refractivity contribution in [3.8, 4) is 0 Å². The number of nitrogens with zero attached hydrogens (tertiary/aromatic N) is 4. The number of rotatable bonds is 5. The first-order chi connectivity index (χ1) is 8.72. The van der Waals surface area contributed by atoms with Gasteiger partial charge in [-0.25, -0.2) is 4.98 Å². The van der Waals surface area contributed by atoms with Crippen LogP contribution in [0.15, 0.2) is 24.8 Å². The van der Waals surface area contributed by atoms with Crippen LogP contribution < -0.4 is 5.32 Å². The smallest absolute Gasteiger partial charge is 0.138 e. The van der Waals surface area contributed by atoms with Crippen molar-refractivity contribution in [2.75, 3.05) is 6.54 Å². The maximum absolute atomic E-state index is 6.19. The third-order valence-electron chi connectivity index (χ3n) is 2.82. The van der Waals surface area contributed by atoms with Crippen molar-refractivity contribution in [3.63, 3.8) is 0 Å². The van der Waals surface area contributed by atoms with E-state index in [0.717, 1.165) is 24.4 Å². The van der Waals surface area contributed by atoms with E-state index in [4.69, 9.17) is 11.6 Å². The van der Waals surface area contributed by atoms with E-state index in [-0.39, 0.29) is 6.04 Å². The first-order valence-electron chi connectivity index (χ1n) is 5.88. The number of pyridine rings is 1. The van der Waals surface area contributed by atoms with Gasteiger partial charge < -0.3 is 5.32 Å². The van der Waals surface area contributed by atoms with Gasteiger partial charge in [0.05, 0.1) is 5.02 Å². The fourth-order valence-corrected chi connectivity index (χ4v) is 2.15. The summed E-state index contributed by atoms with van der Waals surface area (Å²) in [5.74, 6) is 0.925. The van der Waals surface area contributed by atoms with E-state index in [2.05, 4.69) is 27.3 Å². The van der Waals surface area contributed by atoms with Crippen molar-refractivity contribution < 1.29 is 0 Å². The van der Waals surface area contributed by atoms with Crippen LogP contribution in [-0.4, -0.2) is 26.3 Å². The minimum absolute atomic E-state index is 0.119. The van der Waals surface area contributed by atoms with Gasteiger partial charge in [0, 0.05) is 31.9 Å². The molecule has 0 amide bonds. The third kappa shape index (κ3) is 2.86. The lowest BCUT2D eigenvalue weighted by atomic mass is 10.0. The number of likely N-dealkylation sites (N-methyl/N-ethyl adjacent to an activating group) is 1. The van der Waals surface area contributed by atoms with Crippen LogP contribution >= 0.6 is 11.6 Å². The maximum atomic E-state index is 6.19. The van der Waals surface area contributed by atoms with Crippen LogP contribution in [-0.2, 0) is 13.5 Å². The van der Waals surface area contributed by atoms with E-state index >= 15 is 0 Å². The molecule has 0 saturated heterocycles. The van der Waals surface area contributed by atoms with Crippen LogP contribution in [0.1, 0.15) is 24.4 Å². The Morgan fingerprint density at radius 1 is 1.50 bits per heavy atom. The molecular formula is C12H16ClN5. The number of halogens is 1. The monoisotopic (exact) mass is 265 g/mol. The quantitative estimate of drug-likeness (QED) is 0.895. The molecule has 0 radical (unpaired) electrons. The molecule has 0 aliphatic rings. The normalized spacial score (nSPS) is 12.6. The highest BCUT2D eigenvalue weighted by Crippen LogP contribution is 2.24. The van der Waals surface area contributed by atoms with Crippen LogP contribution in [0.25, 0.3) is 0 Å². The second-order valence-corrected chi connectivity index (χ2v) is 4.42. The summed E-state index contributed by atoms with van der Waals surface area (Å²) in [5.41, 5.74) is 1.04. The first-order valence-corrected chi connectivity index (χ1v) is 6.25. The second kappa shape index (κ2) is 5.93. The van der Waals surface area contributed by atoms with Gasteiger partial charge in [-0.15, -0.1) is 0 Å². The Bertz CT molecular complexity index is 511.